The second kappa shape index (κ2) is 17.2. The second-order valence-corrected chi connectivity index (χ2v) is 10.4. The van der Waals surface area contributed by atoms with Crippen molar-refractivity contribution in [1.29, 1.82) is 0 Å². The van der Waals surface area contributed by atoms with Gasteiger partial charge in [0.05, 0.1) is 12.7 Å². The van der Waals surface area contributed by atoms with Gasteiger partial charge in [-0.3, -0.25) is 0 Å². The Morgan fingerprint density at radius 3 is 1.27 bits per heavy atom. The Kier molecular flexibility index (Phi) is 13.5. The molecule has 2 nitrogen and oxygen atoms in total. The first-order valence-corrected chi connectivity index (χ1v) is 14.8. The summed E-state index contributed by atoms with van der Waals surface area (Å²) >= 11 is 0. The van der Waals surface area contributed by atoms with E-state index in [9.17, 15) is 5.11 Å². The zero-order valence-corrected chi connectivity index (χ0v) is 23.0. The molecule has 1 N–H and O–H groups in total. The highest BCUT2D eigenvalue weighted by molar-refractivity contribution is 5.47. The molecule has 1 atom stereocenters. The van der Waals surface area contributed by atoms with Crippen molar-refractivity contribution in [3.05, 3.63) is 108 Å². The van der Waals surface area contributed by atoms with Crippen LogP contribution in [0.2, 0.25) is 0 Å². The Labute approximate surface area is 226 Å². The number of unbranched alkanes of at least 4 members (excludes halogenated alkanes) is 11. The van der Waals surface area contributed by atoms with Crippen LogP contribution in [-0.2, 0) is 10.3 Å². The van der Waals surface area contributed by atoms with Crippen LogP contribution in [0.4, 0.5) is 0 Å². The highest BCUT2D eigenvalue weighted by Crippen LogP contribution is 2.40. The standard InChI is InChI=1S/C35H48O2/c1-2-3-4-5-6-7-8-9-10-11-12-22-29-34(36)30-37-35(31-23-16-13-17-24-31,32-25-18-14-19-26-32)33-27-20-15-21-28-33/h13-21,23-28,34,36H,2-12,22,29-30H2,1H3/t34-/m0/s1. The monoisotopic (exact) mass is 500 g/mol. The van der Waals surface area contributed by atoms with Crippen molar-refractivity contribution in [2.24, 2.45) is 0 Å². The van der Waals surface area contributed by atoms with E-state index in [0.29, 0.717) is 6.61 Å². The van der Waals surface area contributed by atoms with E-state index in [-0.39, 0.29) is 0 Å². The summed E-state index contributed by atoms with van der Waals surface area (Å²) < 4.78 is 6.76. The predicted octanol–water partition coefficient (Wildman–Crippen LogP) is 9.45. The minimum atomic E-state index is -0.763. The van der Waals surface area contributed by atoms with Crippen molar-refractivity contribution in [2.75, 3.05) is 6.61 Å². The first-order valence-electron chi connectivity index (χ1n) is 14.8. The molecule has 0 aromatic heterocycles. The minimum absolute atomic E-state index is 0.302. The SMILES string of the molecule is CCCCCCCCCCCCCC[C@H](O)COC(c1ccccc1)(c1ccccc1)c1ccccc1. The lowest BCUT2D eigenvalue weighted by atomic mass is 9.80. The molecule has 3 aromatic carbocycles. The molecule has 0 amide bonds. The summed E-state index contributed by atoms with van der Waals surface area (Å²) in [7, 11) is 0. The molecule has 0 fully saturated rings. The van der Waals surface area contributed by atoms with Gasteiger partial charge >= 0.3 is 0 Å². The van der Waals surface area contributed by atoms with Gasteiger partial charge in [-0.2, -0.15) is 0 Å². The first-order chi connectivity index (χ1) is 18.3. The molecular formula is C35H48O2. The van der Waals surface area contributed by atoms with E-state index in [4.69, 9.17) is 4.74 Å². The lowest BCUT2D eigenvalue weighted by Gasteiger charge is -2.36. The molecule has 0 aliphatic rings. The molecule has 200 valence electrons. The molecule has 3 rings (SSSR count). The molecular weight excluding hydrogens is 452 g/mol. The van der Waals surface area contributed by atoms with Gasteiger partial charge in [0.15, 0.2) is 0 Å². The van der Waals surface area contributed by atoms with E-state index >= 15 is 0 Å². The van der Waals surface area contributed by atoms with Crippen LogP contribution in [0.5, 0.6) is 0 Å². The van der Waals surface area contributed by atoms with Crippen LogP contribution < -0.4 is 0 Å². The molecule has 0 spiro atoms. The van der Waals surface area contributed by atoms with E-state index < -0.39 is 11.7 Å². The van der Waals surface area contributed by atoms with Crippen LogP contribution in [0.15, 0.2) is 91.0 Å². The van der Waals surface area contributed by atoms with Gasteiger partial charge in [-0.25, -0.2) is 0 Å². The maximum Gasteiger partial charge on any atom is 0.143 e. The molecule has 0 radical (unpaired) electrons. The smallest absolute Gasteiger partial charge is 0.143 e. The number of aliphatic hydroxyl groups is 1. The summed E-state index contributed by atoms with van der Waals surface area (Å²) in [6, 6.07) is 31.2. The molecule has 0 aliphatic carbocycles. The third kappa shape index (κ3) is 9.43. The van der Waals surface area contributed by atoms with Crippen LogP contribution in [0.25, 0.3) is 0 Å². The topological polar surface area (TPSA) is 29.5 Å². The number of ether oxygens (including phenoxy) is 1. The zero-order valence-electron chi connectivity index (χ0n) is 23.0. The van der Waals surface area contributed by atoms with Gasteiger partial charge in [-0.15, -0.1) is 0 Å². The first kappa shape index (κ1) is 29.1. The van der Waals surface area contributed by atoms with Crippen LogP contribution in [-0.4, -0.2) is 17.8 Å². The zero-order chi connectivity index (χ0) is 26.0. The van der Waals surface area contributed by atoms with Crippen LogP contribution >= 0.6 is 0 Å². The fourth-order valence-corrected chi connectivity index (χ4v) is 5.29. The number of benzene rings is 3. The third-order valence-electron chi connectivity index (χ3n) is 7.42. The molecule has 37 heavy (non-hydrogen) atoms. The van der Waals surface area contributed by atoms with Crippen molar-refractivity contribution in [3.63, 3.8) is 0 Å². The maximum absolute atomic E-state index is 10.9. The Hall–Kier alpha value is -2.42. The van der Waals surface area contributed by atoms with E-state index in [2.05, 4.69) is 79.7 Å². The Bertz CT molecular complexity index is 842. The average Bonchev–Trinajstić information content (AvgIpc) is 2.96. The van der Waals surface area contributed by atoms with E-state index in [1.165, 1.54) is 70.6 Å². The number of rotatable bonds is 19. The fourth-order valence-electron chi connectivity index (χ4n) is 5.29. The predicted molar refractivity (Wildman–Crippen MR) is 157 cm³/mol. The van der Waals surface area contributed by atoms with Gasteiger partial charge in [-0.1, -0.05) is 175 Å². The van der Waals surface area contributed by atoms with Gasteiger partial charge in [-0.05, 0) is 23.1 Å². The Balaban J connectivity index is 1.50. The number of hydrogen-bond donors (Lipinski definition) is 1. The Morgan fingerprint density at radius 2 is 0.892 bits per heavy atom. The van der Waals surface area contributed by atoms with E-state index in [1.807, 2.05) is 18.2 Å². The molecule has 0 unspecified atom stereocenters. The lowest BCUT2D eigenvalue weighted by Crippen LogP contribution is -2.35. The van der Waals surface area contributed by atoms with Crippen molar-refractivity contribution < 1.29 is 9.84 Å². The average molecular weight is 501 g/mol. The van der Waals surface area contributed by atoms with Gasteiger partial charge in [0.1, 0.15) is 5.60 Å². The highest BCUT2D eigenvalue weighted by atomic mass is 16.5. The molecule has 2 heteroatoms. The summed E-state index contributed by atoms with van der Waals surface area (Å²) in [6.45, 7) is 2.58. The summed E-state index contributed by atoms with van der Waals surface area (Å²) in [5, 5.41) is 10.9. The highest BCUT2D eigenvalue weighted by Gasteiger charge is 2.37. The van der Waals surface area contributed by atoms with Gasteiger partial charge in [0.2, 0.25) is 0 Å². The number of hydrogen-bond acceptors (Lipinski definition) is 2. The van der Waals surface area contributed by atoms with Crippen LogP contribution in [0.3, 0.4) is 0 Å². The maximum atomic E-state index is 10.9. The van der Waals surface area contributed by atoms with Crippen molar-refractivity contribution in [3.8, 4) is 0 Å². The van der Waals surface area contributed by atoms with Crippen molar-refractivity contribution in [2.45, 2.75) is 102 Å². The fraction of sp³-hybridized carbons (Fsp3) is 0.486. The van der Waals surface area contributed by atoms with Gasteiger partial charge in [0.25, 0.3) is 0 Å². The normalized spacial score (nSPS) is 12.5. The summed E-state index contributed by atoms with van der Waals surface area (Å²) in [4.78, 5) is 0. The lowest BCUT2D eigenvalue weighted by molar-refractivity contribution is -0.0405. The van der Waals surface area contributed by atoms with Crippen LogP contribution in [0, 0.1) is 0 Å². The van der Waals surface area contributed by atoms with Crippen LogP contribution in [0.1, 0.15) is 107 Å². The van der Waals surface area contributed by atoms with E-state index in [1.54, 1.807) is 0 Å². The molecule has 0 aliphatic heterocycles. The van der Waals surface area contributed by atoms with Gasteiger partial charge in [0, 0.05) is 0 Å². The largest absolute Gasteiger partial charge is 0.391 e. The molecule has 0 saturated heterocycles. The number of aliphatic hydroxyl groups excluding tert-OH is 1. The summed E-state index contributed by atoms with van der Waals surface area (Å²) in [5.41, 5.74) is 2.46. The van der Waals surface area contributed by atoms with Crippen molar-refractivity contribution in [1.82, 2.24) is 0 Å². The summed E-state index contributed by atoms with van der Waals surface area (Å²) in [5.74, 6) is 0. The second-order valence-electron chi connectivity index (χ2n) is 10.4. The van der Waals surface area contributed by atoms with Gasteiger partial charge < -0.3 is 9.84 Å². The molecule has 3 aromatic rings. The Morgan fingerprint density at radius 1 is 0.541 bits per heavy atom. The third-order valence-corrected chi connectivity index (χ3v) is 7.42. The molecule has 0 saturated carbocycles. The quantitative estimate of drug-likeness (QED) is 0.131. The summed E-state index contributed by atoms with van der Waals surface area (Å²) in [6.07, 6.45) is 16.2. The molecule has 0 bridgehead atoms. The molecule has 0 heterocycles. The minimum Gasteiger partial charge on any atom is -0.391 e. The van der Waals surface area contributed by atoms with E-state index in [0.717, 1.165) is 29.5 Å². The van der Waals surface area contributed by atoms with Crippen molar-refractivity contribution >= 4 is 0 Å².